The molecule has 1 atom stereocenters. The summed E-state index contributed by atoms with van der Waals surface area (Å²) in [6, 6.07) is 6.60. The first-order valence-electron chi connectivity index (χ1n) is 7.56. The SMILES string of the molecule is CCNC(=O)c1cccc(NC(=O)COC(=O)[C@H]2CCCS2)c1. The van der Waals surface area contributed by atoms with Crippen LogP contribution in [0.5, 0.6) is 0 Å². The van der Waals surface area contributed by atoms with Crippen LogP contribution >= 0.6 is 11.8 Å². The Kier molecular flexibility index (Phi) is 6.46. The van der Waals surface area contributed by atoms with Crippen LogP contribution in [0.3, 0.4) is 0 Å². The molecule has 2 amide bonds. The van der Waals surface area contributed by atoms with Gasteiger partial charge in [0.25, 0.3) is 11.8 Å². The first-order valence-corrected chi connectivity index (χ1v) is 8.61. The van der Waals surface area contributed by atoms with E-state index in [9.17, 15) is 14.4 Å². The number of thioether (sulfide) groups is 1. The third-order valence-electron chi connectivity index (χ3n) is 3.28. The van der Waals surface area contributed by atoms with E-state index >= 15 is 0 Å². The summed E-state index contributed by atoms with van der Waals surface area (Å²) in [5, 5.41) is 5.16. The molecule has 23 heavy (non-hydrogen) atoms. The van der Waals surface area contributed by atoms with Crippen LogP contribution in [-0.4, -0.2) is 41.9 Å². The van der Waals surface area contributed by atoms with Crippen LogP contribution in [-0.2, 0) is 14.3 Å². The van der Waals surface area contributed by atoms with Gasteiger partial charge in [-0.3, -0.25) is 14.4 Å². The molecule has 0 spiro atoms. The Morgan fingerprint density at radius 3 is 2.87 bits per heavy atom. The average molecular weight is 336 g/mol. The Labute approximate surface area is 139 Å². The van der Waals surface area contributed by atoms with Gasteiger partial charge in [-0.2, -0.15) is 0 Å². The lowest BCUT2D eigenvalue weighted by Gasteiger charge is -2.10. The second-order valence-electron chi connectivity index (χ2n) is 5.10. The van der Waals surface area contributed by atoms with E-state index in [0.29, 0.717) is 17.8 Å². The highest BCUT2D eigenvalue weighted by molar-refractivity contribution is 8.00. The highest BCUT2D eigenvalue weighted by Gasteiger charge is 2.25. The molecule has 0 radical (unpaired) electrons. The minimum absolute atomic E-state index is 0.149. The van der Waals surface area contributed by atoms with E-state index < -0.39 is 5.91 Å². The van der Waals surface area contributed by atoms with Gasteiger partial charge in [-0.15, -0.1) is 11.8 Å². The average Bonchev–Trinajstić information content (AvgIpc) is 3.07. The fourth-order valence-corrected chi connectivity index (χ4v) is 3.35. The van der Waals surface area contributed by atoms with Crippen molar-refractivity contribution in [2.24, 2.45) is 0 Å². The molecule has 1 aromatic rings. The van der Waals surface area contributed by atoms with Gasteiger partial charge in [0.15, 0.2) is 6.61 Å². The zero-order chi connectivity index (χ0) is 16.7. The van der Waals surface area contributed by atoms with E-state index in [1.807, 2.05) is 6.92 Å². The molecule has 6 nitrogen and oxygen atoms in total. The van der Waals surface area contributed by atoms with E-state index in [2.05, 4.69) is 10.6 Å². The molecule has 7 heteroatoms. The van der Waals surface area contributed by atoms with Gasteiger partial charge in [-0.05, 0) is 43.7 Å². The zero-order valence-electron chi connectivity index (χ0n) is 13.0. The largest absolute Gasteiger partial charge is 0.455 e. The Bertz CT molecular complexity index is 585. The van der Waals surface area contributed by atoms with Crippen molar-refractivity contribution in [3.05, 3.63) is 29.8 Å². The quantitative estimate of drug-likeness (QED) is 0.774. The molecule has 1 fully saturated rings. The molecule has 1 heterocycles. The van der Waals surface area contributed by atoms with Crippen LogP contribution < -0.4 is 10.6 Å². The molecule has 1 aliphatic rings. The third kappa shape index (κ3) is 5.28. The molecule has 2 rings (SSSR count). The number of benzene rings is 1. The van der Waals surface area contributed by atoms with E-state index in [-0.39, 0.29) is 23.7 Å². The van der Waals surface area contributed by atoms with Crippen molar-refractivity contribution in [1.29, 1.82) is 0 Å². The maximum atomic E-state index is 11.8. The summed E-state index contributed by atoms with van der Waals surface area (Å²) < 4.78 is 5.03. The number of carbonyl (C=O) groups excluding carboxylic acids is 3. The summed E-state index contributed by atoms with van der Waals surface area (Å²) in [6.07, 6.45) is 1.81. The van der Waals surface area contributed by atoms with Crippen molar-refractivity contribution in [2.75, 3.05) is 24.2 Å². The lowest BCUT2D eigenvalue weighted by Crippen LogP contribution is -2.25. The second-order valence-corrected chi connectivity index (χ2v) is 6.41. The molecule has 1 aliphatic heterocycles. The van der Waals surface area contributed by atoms with Crippen LogP contribution in [0.2, 0.25) is 0 Å². The standard InChI is InChI=1S/C16H20N2O4S/c1-2-17-15(20)11-5-3-6-12(9-11)18-14(19)10-22-16(21)13-7-4-8-23-13/h3,5-6,9,13H,2,4,7-8,10H2,1H3,(H,17,20)(H,18,19)/t13-/m1/s1. The molecule has 1 saturated heterocycles. The van der Waals surface area contributed by atoms with Gasteiger partial charge in [0, 0.05) is 17.8 Å². The summed E-state index contributed by atoms with van der Waals surface area (Å²) in [4.78, 5) is 35.3. The molecule has 0 aromatic heterocycles. The lowest BCUT2D eigenvalue weighted by atomic mass is 10.2. The van der Waals surface area contributed by atoms with Gasteiger partial charge >= 0.3 is 5.97 Å². The van der Waals surface area contributed by atoms with Crippen LogP contribution in [0.25, 0.3) is 0 Å². The number of nitrogens with one attached hydrogen (secondary N) is 2. The highest BCUT2D eigenvalue weighted by Crippen LogP contribution is 2.26. The fraction of sp³-hybridized carbons (Fsp3) is 0.438. The van der Waals surface area contributed by atoms with Crippen molar-refractivity contribution in [3.8, 4) is 0 Å². The molecule has 0 aliphatic carbocycles. The lowest BCUT2D eigenvalue weighted by molar-refractivity contribution is -0.146. The number of hydrogen-bond donors (Lipinski definition) is 2. The number of carbonyl (C=O) groups is 3. The van der Waals surface area contributed by atoms with Gasteiger partial charge in [0.05, 0.1) is 0 Å². The van der Waals surface area contributed by atoms with Crippen molar-refractivity contribution in [1.82, 2.24) is 5.32 Å². The van der Waals surface area contributed by atoms with E-state index in [1.54, 1.807) is 36.0 Å². The summed E-state index contributed by atoms with van der Waals surface area (Å²) in [7, 11) is 0. The summed E-state index contributed by atoms with van der Waals surface area (Å²) in [5.74, 6) is -0.000108. The number of esters is 1. The van der Waals surface area contributed by atoms with E-state index in [0.717, 1.165) is 18.6 Å². The Hall–Kier alpha value is -2.02. The Balaban J connectivity index is 1.83. The second kappa shape index (κ2) is 8.57. The zero-order valence-corrected chi connectivity index (χ0v) is 13.8. The first-order chi connectivity index (χ1) is 11.1. The maximum absolute atomic E-state index is 11.8. The number of rotatable bonds is 6. The van der Waals surface area contributed by atoms with E-state index in [4.69, 9.17) is 4.74 Å². The van der Waals surface area contributed by atoms with Crippen LogP contribution in [0.4, 0.5) is 5.69 Å². The van der Waals surface area contributed by atoms with Gasteiger partial charge in [0.1, 0.15) is 5.25 Å². The van der Waals surface area contributed by atoms with Crippen molar-refractivity contribution >= 4 is 35.2 Å². The van der Waals surface area contributed by atoms with Crippen molar-refractivity contribution in [2.45, 2.75) is 25.0 Å². The Morgan fingerprint density at radius 2 is 2.17 bits per heavy atom. The van der Waals surface area contributed by atoms with Crippen LogP contribution in [0, 0.1) is 0 Å². The van der Waals surface area contributed by atoms with Crippen molar-refractivity contribution < 1.29 is 19.1 Å². The molecule has 2 N–H and O–H groups in total. The summed E-state index contributed by atoms with van der Waals surface area (Å²) in [6.45, 7) is 2.05. The van der Waals surface area contributed by atoms with Crippen molar-refractivity contribution in [3.63, 3.8) is 0 Å². The fourth-order valence-electron chi connectivity index (χ4n) is 2.19. The highest BCUT2D eigenvalue weighted by atomic mass is 32.2. The third-order valence-corrected chi connectivity index (χ3v) is 4.64. The van der Waals surface area contributed by atoms with Gasteiger partial charge in [-0.1, -0.05) is 6.07 Å². The minimum atomic E-state index is -0.422. The van der Waals surface area contributed by atoms with Gasteiger partial charge < -0.3 is 15.4 Å². The number of amides is 2. The molecule has 124 valence electrons. The topological polar surface area (TPSA) is 84.5 Å². The summed E-state index contributed by atoms with van der Waals surface area (Å²) >= 11 is 1.57. The van der Waals surface area contributed by atoms with Gasteiger partial charge in [-0.25, -0.2) is 0 Å². The first kappa shape index (κ1) is 17.3. The maximum Gasteiger partial charge on any atom is 0.319 e. The predicted molar refractivity (Wildman–Crippen MR) is 89.5 cm³/mol. The van der Waals surface area contributed by atoms with Crippen LogP contribution in [0.15, 0.2) is 24.3 Å². The molecule has 1 aromatic carbocycles. The minimum Gasteiger partial charge on any atom is -0.455 e. The summed E-state index contributed by atoms with van der Waals surface area (Å²) in [5.41, 5.74) is 0.953. The number of hydrogen-bond acceptors (Lipinski definition) is 5. The smallest absolute Gasteiger partial charge is 0.319 e. The molecular formula is C16H20N2O4S. The van der Waals surface area contributed by atoms with Crippen LogP contribution in [0.1, 0.15) is 30.1 Å². The molecule has 0 unspecified atom stereocenters. The molecular weight excluding hydrogens is 316 g/mol. The van der Waals surface area contributed by atoms with E-state index in [1.165, 1.54) is 0 Å². The monoisotopic (exact) mass is 336 g/mol. The molecule has 0 saturated carbocycles. The Morgan fingerprint density at radius 1 is 1.35 bits per heavy atom. The number of ether oxygens (including phenoxy) is 1. The molecule has 0 bridgehead atoms. The number of anilines is 1. The van der Waals surface area contributed by atoms with Gasteiger partial charge in [0.2, 0.25) is 0 Å². The normalized spacial score (nSPS) is 16.7. The predicted octanol–water partition coefficient (Wildman–Crippen LogP) is 1.81.